The summed E-state index contributed by atoms with van der Waals surface area (Å²) in [6, 6.07) is 21.2. The number of pyridine rings is 1. The zero-order valence-electron chi connectivity index (χ0n) is 19.8. The standard InChI is InChI=1S/C27H29N5O3/c1-34-23-13-9-20(10-14-23)24-4-2-6-26-29-27(30-32(24)26)28-22-11-7-21(8-12-22)25(33)5-3-15-31-16-18-35-19-17-31/h2,4,6-14H,3,5,15-19H2,1H3,(H,28,30). The van der Waals surface area contributed by atoms with Gasteiger partial charge in [-0.2, -0.15) is 4.98 Å². The first kappa shape index (κ1) is 23.0. The highest BCUT2D eigenvalue weighted by Crippen LogP contribution is 2.24. The maximum atomic E-state index is 12.6. The summed E-state index contributed by atoms with van der Waals surface area (Å²) in [7, 11) is 1.65. The Morgan fingerprint density at radius 1 is 1.03 bits per heavy atom. The van der Waals surface area contributed by atoms with Crippen molar-refractivity contribution in [1.82, 2.24) is 19.5 Å². The molecule has 1 fully saturated rings. The van der Waals surface area contributed by atoms with E-state index in [-0.39, 0.29) is 5.78 Å². The number of Topliss-reactive ketones (excluding diaryl/α,β-unsaturated/α-hetero) is 1. The minimum atomic E-state index is 0.166. The lowest BCUT2D eigenvalue weighted by atomic mass is 10.1. The lowest BCUT2D eigenvalue weighted by molar-refractivity contribution is 0.0371. The summed E-state index contributed by atoms with van der Waals surface area (Å²) in [5, 5.41) is 7.90. The van der Waals surface area contributed by atoms with E-state index in [2.05, 4.69) is 20.3 Å². The number of aromatic nitrogens is 3. The van der Waals surface area contributed by atoms with Crippen molar-refractivity contribution >= 4 is 23.1 Å². The molecule has 0 saturated carbocycles. The normalized spacial score (nSPS) is 14.2. The Hall–Kier alpha value is -3.75. The minimum Gasteiger partial charge on any atom is -0.497 e. The summed E-state index contributed by atoms with van der Waals surface area (Å²) in [4.78, 5) is 19.5. The quantitative estimate of drug-likeness (QED) is 0.361. The minimum absolute atomic E-state index is 0.166. The Bertz CT molecular complexity index is 1280. The molecule has 1 aliphatic heterocycles. The first-order valence-corrected chi connectivity index (χ1v) is 11.9. The zero-order chi connectivity index (χ0) is 24.0. The van der Waals surface area contributed by atoms with Gasteiger partial charge >= 0.3 is 0 Å². The number of morpholine rings is 1. The first-order chi connectivity index (χ1) is 17.2. The fraction of sp³-hybridized carbons (Fsp3) is 0.296. The Morgan fingerprint density at radius 2 is 1.80 bits per heavy atom. The Labute approximate surface area is 204 Å². The number of ether oxygens (including phenoxy) is 2. The van der Waals surface area contributed by atoms with Crippen LogP contribution in [0.3, 0.4) is 0 Å². The van der Waals surface area contributed by atoms with E-state index in [1.54, 1.807) is 7.11 Å². The molecule has 180 valence electrons. The van der Waals surface area contributed by atoms with E-state index < -0.39 is 0 Å². The highest BCUT2D eigenvalue weighted by molar-refractivity contribution is 5.96. The lowest BCUT2D eigenvalue weighted by Gasteiger charge is -2.26. The van der Waals surface area contributed by atoms with Crippen LogP contribution in [-0.4, -0.2) is 65.2 Å². The number of hydrogen-bond acceptors (Lipinski definition) is 7. The summed E-state index contributed by atoms with van der Waals surface area (Å²) < 4.78 is 12.4. The van der Waals surface area contributed by atoms with E-state index in [9.17, 15) is 4.79 Å². The second-order valence-corrected chi connectivity index (χ2v) is 8.53. The average molecular weight is 472 g/mol. The van der Waals surface area contributed by atoms with Gasteiger partial charge in [-0.1, -0.05) is 6.07 Å². The molecular weight excluding hydrogens is 442 g/mol. The van der Waals surface area contributed by atoms with Crippen LogP contribution in [0.5, 0.6) is 5.75 Å². The lowest BCUT2D eigenvalue weighted by Crippen LogP contribution is -2.36. The molecule has 2 aromatic heterocycles. The van der Waals surface area contributed by atoms with Gasteiger partial charge in [-0.25, -0.2) is 4.52 Å². The Kier molecular flexibility index (Phi) is 7.02. The third-order valence-electron chi connectivity index (χ3n) is 6.19. The number of ketones is 1. The first-order valence-electron chi connectivity index (χ1n) is 11.9. The number of carbonyl (C=O) groups is 1. The molecule has 8 nitrogen and oxygen atoms in total. The third-order valence-corrected chi connectivity index (χ3v) is 6.19. The highest BCUT2D eigenvalue weighted by Gasteiger charge is 2.13. The molecule has 0 atom stereocenters. The van der Waals surface area contributed by atoms with E-state index in [0.717, 1.165) is 73.2 Å². The largest absolute Gasteiger partial charge is 0.497 e. The molecule has 3 heterocycles. The number of nitrogens with zero attached hydrogens (tertiary/aromatic N) is 4. The predicted molar refractivity (Wildman–Crippen MR) is 136 cm³/mol. The molecule has 0 spiro atoms. The van der Waals surface area contributed by atoms with Crippen LogP contribution >= 0.6 is 0 Å². The van der Waals surface area contributed by atoms with Gasteiger partial charge in [-0.05, 0) is 73.6 Å². The zero-order valence-corrected chi connectivity index (χ0v) is 19.8. The maximum Gasteiger partial charge on any atom is 0.247 e. The Balaban J connectivity index is 1.23. The molecule has 0 amide bonds. The second kappa shape index (κ2) is 10.7. The van der Waals surface area contributed by atoms with Gasteiger partial charge < -0.3 is 14.8 Å². The van der Waals surface area contributed by atoms with Crippen molar-refractivity contribution in [3.05, 3.63) is 72.3 Å². The topological polar surface area (TPSA) is 81.0 Å². The molecule has 1 saturated heterocycles. The van der Waals surface area contributed by atoms with Crippen LogP contribution in [0.15, 0.2) is 66.7 Å². The average Bonchev–Trinajstić information content (AvgIpc) is 3.32. The molecule has 2 aromatic carbocycles. The smallest absolute Gasteiger partial charge is 0.247 e. The summed E-state index contributed by atoms with van der Waals surface area (Å²) in [6.45, 7) is 4.41. The fourth-order valence-electron chi connectivity index (χ4n) is 4.24. The monoisotopic (exact) mass is 471 g/mol. The van der Waals surface area contributed by atoms with Crippen LogP contribution in [0.2, 0.25) is 0 Å². The summed E-state index contributed by atoms with van der Waals surface area (Å²) in [5.74, 6) is 1.47. The van der Waals surface area contributed by atoms with Gasteiger partial charge in [0.2, 0.25) is 5.95 Å². The van der Waals surface area contributed by atoms with Crippen molar-refractivity contribution in [2.45, 2.75) is 12.8 Å². The Morgan fingerprint density at radius 3 is 2.54 bits per heavy atom. The molecule has 5 rings (SSSR count). The second-order valence-electron chi connectivity index (χ2n) is 8.53. The maximum absolute atomic E-state index is 12.6. The van der Waals surface area contributed by atoms with E-state index in [0.29, 0.717) is 12.4 Å². The van der Waals surface area contributed by atoms with E-state index in [1.807, 2.05) is 71.2 Å². The van der Waals surface area contributed by atoms with Gasteiger partial charge in [0, 0.05) is 36.3 Å². The van der Waals surface area contributed by atoms with Gasteiger partial charge in [0.25, 0.3) is 0 Å². The van der Waals surface area contributed by atoms with Gasteiger partial charge in [0.15, 0.2) is 11.4 Å². The van der Waals surface area contributed by atoms with Crippen LogP contribution in [-0.2, 0) is 4.74 Å². The number of nitrogens with one attached hydrogen (secondary N) is 1. The number of anilines is 2. The summed E-state index contributed by atoms with van der Waals surface area (Å²) in [6.07, 6.45) is 1.41. The molecule has 0 bridgehead atoms. The van der Waals surface area contributed by atoms with Crippen LogP contribution in [0.4, 0.5) is 11.6 Å². The van der Waals surface area contributed by atoms with Crippen molar-refractivity contribution in [2.75, 3.05) is 45.3 Å². The summed E-state index contributed by atoms with van der Waals surface area (Å²) in [5.41, 5.74) is 4.25. The van der Waals surface area contributed by atoms with Crippen molar-refractivity contribution in [2.24, 2.45) is 0 Å². The van der Waals surface area contributed by atoms with Gasteiger partial charge in [0.1, 0.15) is 5.75 Å². The number of fused-ring (bicyclic) bond motifs is 1. The molecule has 8 heteroatoms. The van der Waals surface area contributed by atoms with Crippen molar-refractivity contribution in [1.29, 1.82) is 0 Å². The van der Waals surface area contributed by atoms with E-state index in [4.69, 9.17) is 9.47 Å². The number of methoxy groups -OCH3 is 1. The SMILES string of the molecule is COc1ccc(-c2cccc3nc(Nc4ccc(C(=O)CCCN5CCOCC5)cc4)nn23)cc1. The molecule has 0 radical (unpaired) electrons. The molecule has 1 aliphatic rings. The molecule has 0 aliphatic carbocycles. The van der Waals surface area contributed by atoms with Crippen molar-refractivity contribution in [3.63, 3.8) is 0 Å². The highest BCUT2D eigenvalue weighted by atomic mass is 16.5. The van der Waals surface area contributed by atoms with Gasteiger partial charge in [0.05, 0.1) is 26.0 Å². The number of carbonyl (C=O) groups excluding carboxylic acids is 1. The van der Waals surface area contributed by atoms with Crippen LogP contribution in [0.25, 0.3) is 16.9 Å². The number of hydrogen-bond donors (Lipinski definition) is 1. The van der Waals surface area contributed by atoms with Gasteiger partial charge in [-0.15, -0.1) is 5.10 Å². The summed E-state index contributed by atoms with van der Waals surface area (Å²) >= 11 is 0. The van der Waals surface area contributed by atoms with Crippen molar-refractivity contribution in [3.8, 4) is 17.0 Å². The van der Waals surface area contributed by atoms with Crippen molar-refractivity contribution < 1.29 is 14.3 Å². The molecule has 4 aromatic rings. The van der Waals surface area contributed by atoms with E-state index in [1.165, 1.54) is 0 Å². The third kappa shape index (κ3) is 5.50. The number of rotatable bonds is 9. The van der Waals surface area contributed by atoms with Crippen LogP contribution in [0.1, 0.15) is 23.2 Å². The molecule has 35 heavy (non-hydrogen) atoms. The molecule has 1 N–H and O–H groups in total. The van der Waals surface area contributed by atoms with Gasteiger partial charge in [-0.3, -0.25) is 9.69 Å². The predicted octanol–water partition coefficient (Wildman–Crippen LogP) is 4.44. The van der Waals surface area contributed by atoms with Crippen LogP contribution < -0.4 is 10.1 Å². The fourth-order valence-corrected chi connectivity index (χ4v) is 4.24. The molecule has 0 unspecified atom stereocenters. The van der Waals surface area contributed by atoms with Crippen LogP contribution in [0, 0.1) is 0 Å². The number of benzene rings is 2. The van der Waals surface area contributed by atoms with E-state index >= 15 is 0 Å². The molecular formula is C27H29N5O3.